The Labute approximate surface area is 124 Å². The summed E-state index contributed by atoms with van der Waals surface area (Å²) in [6.07, 6.45) is 0.644. The minimum atomic E-state index is -1.06. The monoisotopic (exact) mass is 289 g/mol. The number of anilines is 1. The third-order valence-electron chi connectivity index (χ3n) is 3.43. The summed E-state index contributed by atoms with van der Waals surface area (Å²) >= 11 is 0. The smallest absolute Gasteiger partial charge is 0.326 e. The van der Waals surface area contributed by atoms with Gasteiger partial charge in [-0.3, -0.25) is 4.90 Å². The number of hydrogen-bond donors (Lipinski definition) is 2. The number of nitrogens with zero attached hydrogens (tertiary/aromatic N) is 2. The van der Waals surface area contributed by atoms with Crippen molar-refractivity contribution in [2.24, 2.45) is 5.92 Å². The van der Waals surface area contributed by atoms with Gasteiger partial charge in [-0.1, -0.05) is 26.3 Å². The highest BCUT2D eigenvalue weighted by atomic mass is 16.4. The molecule has 0 bridgehead atoms. The van der Waals surface area contributed by atoms with Crippen LogP contribution < -0.4 is 10.2 Å². The zero-order valence-electron chi connectivity index (χ0n) is 12.3. The molecule has 0 aliphatic carbocycles. The molecular formula is C15H19N3O3. The standard InChI is InChI=1S/C15H19N3O3/c1-4-10(2)13(14(19)20)17-15(21)18(3)12-7-5-6-11(8-12)9-16/h5-8,10,13H,4H2,1-3H3,(H,17,21)(H,19,20)/t10?,13-/m0/s1. The van der Waals surface area contributed by atoms with E-state index in [0.29, 0.717) is 17.7 Å². The fourth-order valence-corrected chi connectivity index (χ4v) is 1.81. The fourth-order valence-electron chi connectivity index (χ4n) is 1.81. The van der Waals surface area contributed by atoms with Gasteiger partial charge < -0.3 is 10.4 Å². The van der Waals surface area contributed by atoms with Gasteiger partial charge in [0.25, 0.3) is 0 Å². The molecule has 112 valence electrons. The van der Waals surface area contributed by atoms with E-state index in [1.165, 1.54) is 11.9 Å². The van der Waals surface area contributed by atoms with Crippen LogP contribution in [0.4, 0.5) is 10.5 Å². The minimum absolute atomic E-state index is 0.176. The molecule has 0 heterocycles. The summed E-state index contributed by atoms with van der Waals surface area (Å²) < 4.78 is 0. The first-order valence-electron chi connectivity index (χ1n) is 6.67. The Morgan fingerprint density at radius 1 is 1.48 bits per heavy atom. The molecule has 0 aliphatic heterocycles. The number of amides is 2. The van der Waals surface area contributed by atoms with Crippen molar-refractivity contribution in [3.63, 3.8) is 0 Å². The van der Waals surface area contributed by atoms with Gasteiger partial charge in [-0.25, -0.2) is 9.59 Å². The molecule has 0 saturated carbocycles. The van der Waals surface area contributed by atoms with E-state index in [2.05, 4.69) is 5.32 Å². The maximum atomic E-state index is 12.1. The summed E-state index contributed by atoms with van der Waals surface area (Å²) in [5, 5.41) is 20.5. The molecule has 1 aromatic rings. The molecule has 0 radical (unpaired) electrons. The Kier molecular flexibility index (Phi) is 5.73. The van der Waals surface area contributed by atoms with Gasteiger partial charge >= 0.3 is 12.0 Å². The molecule has 6 nitrogen and oxygen atoms in total. The quantitative estimate of drug-likeness (QED) is 0.869. The molecule has 0 fully saturated rings. The lowest BCUT2D eigenvalue weighted by molar-refractivity contribution is -0.140. The van der Waals surface area contributed by atoms with Crippen molar-refractivity contribution >= 4 is 17.7 Å². The Bertz CT molecular complexity index is 566. The normalized spacial score (nSPS) is 12.9. The van der Waals surface area contributed by atoms with Gasteiger partial charge in [-0.2, -0.15) is 5.26 Å². The molecule has 0 spiro atoms. The molecule has 2 atom stereocenters. The third-order valence-corrected chi connectivity index (χ3v) is 3.43. The highest BCUT2D eigenvalue weighted by Crippen LogP contribution is 2.15. The van der Waals surface area contributed by atoms with Gasteiger partial charge in [0.05, 0.1) is 11.6 Å². The van der Waals surface area contributed by atoms with Gasteiger partial charge in [-0.05, 0) is 24.1 Å². The number of rotatable bonds is 5. The molecule has 1 aromatic carbocycles. The van der Waals surface area contributed by atoms with Crippen LogP contribution in [0.25, 0.3) is 0 Å². The largest absolute Gasteiger partial charge is 0.480 e. The van der Waals surface area contributed by atoms with Crippen LogP contribution in [0, 0.1) is 17.2 Å². The van der Waals surface area contributed by atoms with Gasteiger partial charge in [0.15, 0.2) is 0 Å². The molecule has 0 saturated heterocycles. The van der Waals surface area contributed by atoms with E-state index in [4.69, 9.17) is 5.26 Å². The topological polar surface area (TPSA) is 93.4 Å². The second-order valence-electron chi connectivity index (χ2n) is 4.87. The third kappa shape index (κ3) is 4.21. The first-order valence-corrected chi connectivity index (χ1v) is 6.67. The average molecular weight is 289 g/mol. The van der Waals surface area contributed by atoms with Gasteiger partial charge in [0, 0.05) is 12.7 Å². The van der Waals surface area contributed by atoms with Crippen LogP contribution >= 0.6 is 0 Å². The number of hydrogen-bond acceptors (Lipinski definition) is 3. The van der Waals surface area contributed by atoms with Crippen molar-refractivity contribution < 1.29 is 14.7 Å². The number of nitrogens with one attached hydrogen (secondary N) is 1. The Morgan fingerprint density at radius 3 is 2.67 bits per heavy atom. The molecule has 6 heteroatoms. The summed E-state index contributed by atoms with van der Waals surface area (Å²) in [5.74, 6) is -1.23. The van der Waals surface area contributed by atoms with E-state index in [1.54, 1.807) is 31.2 Å². The van der Waals surface area contributed by atoms with Crippen LogP contribution in [0.1, 0.15) is 25.8 Å². The van der Waals surface area contributed by atoms with Crippen LogP contribution in [-0.2, 0) is 4.79 Å². The summed E-state index contributed by atoms with van der Waals surface area (Å²) in [6, 6.07) is 7.09. The number of carboxylic acid groups (broad SMARTS) is 1. The summed E-state index contributed by atoms with van der Waals surface area (Å²) in [5.41, 5.74) is 0.962. The van der Waals surface area contributed by atoms with Crippen molar-refractivity contribution in [1.82, 2.24) is 5.32 Å². The fraction of sp³-hybridized carbons (Fsp3) is 0.400. The van der Waals surface area contributed by atoms with Crippen LogP contribution in [0.5, 0.6) is 0 Å². The molecular weight excluding hydrogens is 270 g/mol. The Hall–Kier alpha value is -2.55. The molecule has 21 heavy (non-hydrogen) atoms. The minimum Gasteiger partial charge on any atom is -0.480 e. The SMILES string of the molecule is CCC(C)[C@H](NC(=O)N(C)c1cccc(C#N)c1)C(=O)O. The molecule has 1 rings (SSSR count). The number of benzene rings is 1. The van der Waals surface area contributed by atoms with Gasteiger partial charge in [-0.15, -0.1) is 0 Å². The van der Waals surface area contributed by atoms with E-state index in [1.807, 2.05) is 13.0 Å². The second-order valence-corrected chi connectivity index (χ2v) is 4.87. The number of carboxylic acids is 1. The second kappa shape index (κ2) is 7.29. The number of urea groups is 1. The Balaban J connectivity index is 2.86. The number of aliphatic carboxylic acids is 1. The molecule has 1 unspecified atom stereocenters. The van der Waals surface area contributed by atoms with Crippen molar-refractivity contribution in [2.75, 3.05) is 11.9 Å². The number of carbonyl (C=O) groups is 2. The highest BCUT2D eigenvalue weighted by Gasteiger charge is 2.26. The lowest BCUT2D eigenvalue weighted by atomic mass is 9.99. The number of nitriles is 1. The lowest BCUT2D eigenvalue weighted by Gasteiger charge is -2.24. The first-order chi connectivity index (χ1) is 9.90. The first kappa shape index (κ1) is 16.5. The molecule has 2 amide bonds. The molecule has 0 aliphatic rings. The van der Waals surface area contributed by atoms with E-state index >= 15 is 0 Å². The van der Waals surface area contributed by atoms with E-state index in [9.17, 15) is 14.7 Å². The van der Waals surface area contributed by atoms with E-state index in [-0.39, 0.29) is 5.92 Å². The summed E-state index contributed by atoms with van der Waals surface area (Å²) in [7, 11) is 1.53. The number of carbonyl (C=O) groups excluding carboxylic acids is 1. The summed E-state index contributed by atoms with van der Waals surface area (Å²) in [4.78, 5) is 24.7. The van der Waals surface area contributed by atoms with Crippen molar-refractivity contribution in [1.29, 1.82) is 5.26 Å². The van der Waals surface area contributed by atoms with Crippen LogP contribution in [0.2, 0.25) is 0 Å². The van der Waals surface area contributed by atoms with Crippen molar-refractivity contribution in [2.45, 2.75) is 26.3 Å². The Morgan fingerprint density at radius 2 is 2.14 bits per heavy atom. The van der Waals surface area contributed by atoms with Gasteiger partial charge in [0.1, 0.15) is 6.04 Å². The molecule has 2 N–H and O–H groups in total. The maximum Gasteiger partial charge on any atom is 0.326 e. The van der Waals surface area contributed by atoms with Crippen LogP contribution in [0.3, 0.4) is 0 Å². The van der Waals surface area contributed by atoms with E-state index < -0.39 is 18.0 Å². The maximum absolute atomic E-state index is 12.1. The zero-order chi connectivity index (χ0) is 16.0. The average Bonchev–Trinajstić information content (AvgIpc) is 2.50. The van der Waals surface area contributed by atoms with Crippen LogP contribution in [-0.4, -0.2) is 30.2 Å². The highest BCUT2D eigenvalue weighted by molar-refractivity contribution is 5.94. The van der Waals surface area contributed by atoms with Crippen molar-refractivity contribution in [3.8, 4) is 6.07 Å². The molecule has 0 aromatic heterocycles. The zero-order valence-corrected chi connectivity index (χ0v) is 12.3. The lowest BCUT2D eigenvalue weighted by Crippen LogP contribution is -2.49. The predicted octanol–water partition coefficient (Wildman–Crippen LogP) is 2.20. The predicted molar refractivity (Wildman–Crippen MR) is 79.0 cm³/mol. The van der Waals surface area contributed by atoms with Gasteiger partial charge in [0.2, 0.25) is 0 Å². The summed E-state index contributed by atoms with van der Waals surface area (Å²) in [6.45, 7) is 3.64. The van der Waals surface area contributed by atoms with Crippen molar-refractivity contribution in [3.05, 3.63) is 29.8 Å². The van der Waals surface area contributed by atoms with E-state index in [0.717, 1.165) is 0 Å². The van der Waals surface area contributed by atoms with Crippen LogP contribution in [0.15, 0.2) is 24.3 Å².